The standard InChI is InChI=1S/2C24H25NO4.C6H10O8.C6H8O7.H2O/c2*1-25-13-12-24-11-10-18(28-23(26)16-6-4-3-5-7-16)14-20(24)29-22-19(27-2)9-8-17(15-25)21(22)24;7-1(3(9)5(11)12)2(8)4(10)6(13)14;7-1-2(8)6(12)13-4(1)3(9)5(10)11;/h2*3-11,18,20H,12-15H2,1-2H3;1-4,7-10H,(H,11,12)(H,13,14);1-4,7-9H,(H,10,11);1H2/t2*18-,20-,24-;1-,2-,3-,4+;1-,2-,3+,4+;/m0001./s1. The van der Waals surface area contributed by atoms with Gasteiger partial charge in [0.05, 0.1) is 36.2 Å². The molecular formula is C60H70N2O24. The minimum absolute atomic E-state index is 0. The van der Waals surface area contributed by atoms with Gasteiger partial charge < -0.3 is 99.5 Å². The number of nitrogens with zero attached hydrogens (tertiary/aromatic N) is 2. The molecular weight excluding hydrogens is 1130 g/mol. The molecule has 1 fully saturated rings. The van der Waals surface area contributed by atoms with Gasteiger partial charge in [-0.3, -0.25) is 0 Å². The molecule has 11 rings (SSSR count). The Morgan fingerprint density at radius 1 is 0.581 bits per heavy atom. The summed E-state index contributed by atoms with van der Waals surface area (Å²) < 4.78 is 39.9. The van der Waals surface area contributed by atoms with E-state index < -0.39 is 72.7 Å². The number of carbonyl (C=O) groups excluding carboxylic acids is 3. The quantitative estimate of drug-likeness (QED) is 0.0488. The van der Waals surface area contributed by atoms with Crippen LogP contribution in [0.2, 0.25) is 0 Å². The summed E-state index contributed by atoms with van der Waals surface area (Å²) in [5, 5.41) is 86.5. The van der Waals surface area contributed by atoms with E-state index in [4.69, 9.17) is 79.5 Å². The van der Waals surface area contributed by atoms with Gasteiger partial charge in [0, 0.05) is 37.1 Å². The number of carboxylic acid groups (broad SMARTS) is 3. The topological polar surface area (TPSA) is 407 Å². The third-order valence-electron chi connectivity index (χ3n) is 16.0. The van der Waals surface area contributed by atoms with E-state index in [1.165, 1.54) is 22.3 Å². The van der Waals surface area contributed by atoms with Crippen molar-refractivity contribution >= 4 is 35.8 Å². The van der Waals surface area contributed by atoms with Gasteiger partial charge in [-0.15, -0.1) is 0 Å². The van der Waals surface area contributed by atoms with Crippen LogP contribution in [0.3, 0.4) is 0 Å². The number of aliphatic hydroxyl groups is 7. The Labute approximate surface area is 492 Å². The van der Waals surface area contributed by atoms with E-state index in [0.717, 1.165) is 62.0 Å². The maximum atomic E-state index is 12.5. The second-order valence-corrected chi connectivity index (χ2v) is 21.5. The number of hydrogen-bond acceptors (Lipinski definition) is 22. The Kier molecular flexibility index (Phi) is 21.0. The van der Waals surface area contributed by atoms with E-state index in [9.17, 15) is 28.8 Å². The molecule has 26 heteroatoms. The van der Waals surface area contributed by atoms with Crippen LogP contribution in [0.4, 0.5) is 0 Å². The first-order valence-electron chi connectivity index (χ1n) is 27.1. The zero-order valence-corrected chi connectivity index (χ0v) is 47.2. The number of benzene rings is 4. The minimum atomic E-state index is -2.36. The van der Waals surface area contributed by atoms with Gasteiger partial charge in [0.2, 0.25) is 0 Å². The van der Waals surface area contributed by atoms with Gasteiger partial charge in [-0.1, -0.05) is 60.7 Å². The summed E-state index contributed by atoms with van der Waals surface area (Å²) in [6, 6.07) is 26.5. The van der Waals surface area contributed by atoms with Crippen molar-refractivity contribution in [2.45, 2.75) is 123 Å². The maximum absolute atomic E-state index is 12.5. The Hall–Kier alpha value is -8.02. The summed E-state index contributed by atoms with van der Waals surface area (Å²) in [6.45, 7) is 3.75. The van der Waals surface area contributed by atoms with Gasteiger partial charge in [0.25, 0.3) is 0 Å². The molecule has 0 radical (unpaired) electrons. The molecule has 2 aliphatic carbocycles. The third kappa shape index (κ3) is 13.5. The number of aliphatic carboxylic acids is 3. The van der Waals surface area contributed by atoms with Crippen molar-refractivity contribution in [3.05, 3.63) is 143 Å². The van der Waals surface area contributed by atoms with Gasteiger partial charge in [-0.05, 0) is 99.7 Å². The van der Waals surface area contributed by atoms with E-state index in [-0.39, 0.29) is 52.7 Å². The SMILES string of the molecule is COc1ccc2c3c1O[C@H]1C[C@@H](OC(=O)c4ccccc4)C=C[C@@]31CCN(C)C2.COc1ccc2c3c1O[C@H]1C[C@@H](OC(=O)c4ccccc4)C=C[C@@]31CCN(C)C2.O.O=C(O)[C@@H](O)[C@@H](O)[C@H](O)[C@@H](O)C(=O)O.O=C(O)[C@@H](O)[C@H]1OC(=O)[C@H](O)[C@H]1O. The summed E-state index contributed by atoms with van der Waals surface area (Å²) in [4.78, 5) is 70.7. The highest BCUT2D eigenvalue weighted by Crippen LogP contribution is 2.57. The fourth-order valence-corrected chi connectivity index (χ4v) is 11.5. The smallest absolute Gasteiger partial charge is 0.338 e. The molecule has 1 saturated heterocycles. The van der Waals surface area contributed by atoms with Crippen molar-refractivity contribution in [3.8, 4) is 23.0 Å². The molecule has 2 spiro atoms. The molecule has 86 heavy (non-hydrogen) atoms. The molecule has 7 aliphatic rings. The van der Waals surface area contributed by atoms with Crippen molar-refractivity contribution in [3.63, 3.8) is 0 Å². The van der Waals surface area contributed by atoms with E-state index in [1.54, 1.807) is 38.5 Å². The highest BCUT2D eigenvalue weighted by Gasteiger charge is 2.55. The minimum Gasteiger partial charge on any atom is -0.493 e. The number of methoxy groups -OCH3 is 2. The lowest BCUT2D eigenvalue weighted by Crippen LogP contribution is -2.49. The normalized spacial score (nSPS) is 27.0. The van der Waals surface area contributed by atoms with Crippen LogP contribution in [-0.2, 0) is 57.3 Å². The number of rotatable bonds is 13. The van der Waals surface area contributed by atoms with Crippen LogP contribution >= 0.6 is 0 Å². The molecule has 12 N–H and O–H groups in total. The lowest BCUT2D eigenvalue weighted by atomic mass is 9.69. The van der Waals surface area contributed by atoms with Crippen molar-refractivity contribution in [2.75, 3.05) is 41.4 Å². The monoisotopic (exact) mass is 1200 g/mol. The van der Waals surface area contributed by atoms with E-state index in [0.29, 0.717) is 24.0 Å². The Morgan fingerprint density at radius 2 is 0.977 bits per heavy atom. The number of hydrogen-bond donors (Lipinski definition) is 10. The molecule has 14 atom stereocenters. The number of cyclic esters (lactones) is 1. The van der Waals surface area contributed by atoms with Gasteiger partial charge in [0.1, 0.15) is 42.7 Å². The molecule has 0 bridgehead atoms. The average molecular weight is 1200 g/mol. The number of aliphatic hydroxyl groups excluding tert-OH is 7. The molecule has 0 saturated carbocycles. The molecule has 0 amide bonds. The van der Waals surface area contributed by atoms with Gasteiger partial charge in [-0.2, -0.15) is 0 Å². The molecule has 0 unspecified atom stereocenters. The fraction of sp³-hybridized carbons (Fsp3) is 0.433. The van der Waals surface area contributed by atoms with E-state index in [2.05, 4.69) is 52.9 Å². The van der Waals surface area contributed by atoms with Crippen LogP contribution in [0.25, 0.3) is 0 Å². The van der Waals surface area contributed by atoms with E-state index in [1.807, 2.05) is 60.7 Å². The van der Waals surface area contributed by atoms with Crippen molar-refractivity contribution in [2.24, 2.45) is 0 Å². The van der Waals surface area contributed by atoms with Gasteiger partial charge >= 0.3 is 35.8 Å². The second-order valence-electron chi connectivity index (χ2n) is 21.5. The van der Waals surface area contributed by atoms with Crippen molar-refractivity contribution in [1.82, 2.24) is 9.80 Å². The van der Waals surface area contributed by atoms with Crippen LogP contribution in [0.1, 0.15) is 68.7 Å². The fourth-order valence-electron chi connectivity index (χ4n) is 11.5. The number of carboxylic acids is 3. The van der Waals surface area contributed by atoms with Gasteiger partial charge in [0.15, 0.2) is 53.5 Å². The second kappa shape index (κ2) is 27.6. The first kappa shape index (κ1) is 65.5. The lowest BCUT2D eigenvalue weighted by Gasteiger charge is -2.36. The molecule has 4 aromatic rings. The molecule has 26 nitrogen and oxygen atoms in total. The van der Waals surface area contributed by atoms with Crippen LogP contribution in [0.5, 0.6) is 23.0 Å². The Balaban J connectivity index is 0.000000174. The highest BCUT2D eigenvalue weighted by molar-refractivity contribution is 5.90. The third-order valence-corrected chi connectivity index (χ3v) is 16.0. The summed E-state index contributed by atoms with van der Waals surface area (Å²) in [5.41, 5.74) is 5.80. The first-order valence-corrected chi connectivity index (χ1v) is 27.1. The average Bonchev–Trinajstić information content (AvgIpc) is 1.59. The number of esters is 3. The zero-order chi connectivity index (χ0) is 61.7. The maximum Gasteiger partial charge on any atom is 0.338 e. The highest BCUT2D eigenvalue weighted by atomic mass is 16.6. The van der Waals surface area contributed by atoms with Crippen LogP contribution in [0, 0.1) is 0 Å². The molecule has 464 valence electrons. The first-order chi connectivity index (χ1) is 40.4. The summed E-state index contributed by atoms with van der Waals surface area (Å²) in [5.74, 6) is -3.81. The van der Waals surface area contributed by atoms with Crippen LogP contribution < -0.4 is 18.9 Å². The number of ether oxygens (including phenoxy) is 7. The summed E-state index contributed by atoms with van der Waals surface area (Å²) in [6.07, 6.45) is -5.43. The molecule has 4 aromatic carbocycles. The van der Waals surface area contributed by atoms with Crippen molar-refractivity contribution < 1.29 is 118 Å². The Morgan fingerprint density at radius 3 is 1.31 bits per heavy atom. The Bertz CT molecular complexity index is 2980. The summed E-state index contributed by atoms with van der Waals surface area (Å²) in [7, 11) is 7.67. The van der Waals surface area contributed by atoms with Crippen LogP contribution in [0.15, 0.2) is 109 Å². The van der Waals surface area contributed by atoms with Crippen molar-refractivity contribution in [1.29, 1.82) is 0 Å². The predicted molar refractivity (Wildman–Crippen MR) is 297 cm³/mol. The molecule has 0 aromatic heterocycles. The lowest BCUT2D eigenvalue weighted by molar-refractivity contribution is -0.172. The predicted octanol–water partition coefficient (Wildman–Crippen LogP) is 0.284. The molecule has 5 heterocycles. The summed E-state index contributed by atoms with van der Waals surface area (Å²) >= 11 is 0. The largest absolute Gasteiger partial charge is 0.493 e. The number of carbonyl (C=O) groups is 6. The van der Waals surface area contributed by atoms with Crippen LogP contribution in [-0.4, -0.2) is 217 Å². The van der Waals surface area contributed by atoms with E-state index >= 15 is 0 Å². The van der Waals surface area contributed by atoms with Gasteiger partial charge in [-0.25, -0.2) is 28.8 Å². The molecule has 5 aliphatic heterocycles. The zero-order valence-electron chi connectivity index (χ0n) is 47.2.